The summed E-state index contributed by atoms with van der Waals surface area (Å²) in [6.45, 7) is 5.82. The third kappa shape index (κ3) is 4.45. The number of likely N-dealkylation sites (tertiary alicyclic amines) is 1. The minimum Gasteiger partial charge on any atom is -0.356 e. The van der Waals surface area contributed by atoms with Gasteiger partial charge < -0.3 is 14.8 Å². The van der Waals surface area contributed by atoms with E-state index < -0.39 is 0 Å². The van der Waals surface area contributed by atoms with Gasteiger partial charge in [0.05, 0.1) is 11.6 Å². The van der Waals surface area contributed by atoms with E-state index in [-0.39, 0.29) is 18.0 Å². The highest BCUT2D eigenvalue weighted by atomic mass is 35.5. The number of rotatable bonds is 8. The highest BCUT2D eigenvalue weighted by molar-refractivity contribution is 6.30. The lowest BCUT2D eigenvalue weighted by atomic mass is 10.1. The molecule has 1 aliphatic rings. The number of aromatic amines is 1. The summed E-state index contributed by atoms with van der Waals surface area (Å²) < 4.78 is 5.32. The van der Waals surface area contributed by atoms with E-state index in [1.54, 1.807) is 12.3 Å². The number of H-pyrrole nitrogens is 1. The van der Waals surface area contributed by atoms with E-state index >= 15 is 0 Å². The first kappa shape index (κ1) is 18.9. The SMILES string of the molecule is CCCCc1nc(CN2CC[C@@H](NC(=O)c3cc(Cl)c[nH]3)[C@@H]2CC)no1. The molecule has 0 saturated carbocycles. The standard InChI is InChI=1S/C18H26ClN5O2/c1-3-5-6-17-22-16(23-26-17)11-24-8-7-13(15(24)4-2)21-18(25)14-9-12(19)10-20-14/h9-10,13,15,20H,3-8,11H2,1-2H3,(H,21,25)/t13-,15+/m1/s1. The molecule has 0 unspecified atom stereocenters. The summed E-state index contributed by atoms with van der Waals surface area (Å²) in [6.07, 6.45) is 6.45. The Hall–Kier alpha value is -1.86. The zero-order chi connectivity index (χ0) is 18.5. The van der Waals surface area contributed by atoms with Crippen LogP contribution in [0.3, 0.4) is 0 Å². The fourth-order valence-corrected chi connectivity index (χ4v) is 3.70. The second kappa shape index (κ2) is 8.68. The molecule has 2 aromatic heterocycles. The van der Waals surface area contributed by atoms with Crippen LogP contribution in [0.4, 0.5) is 0 Å². The first-order valence-corrected chi connectivity index (χ1v) is 9.68. The van der Waals surface area contributed by atoms with Crippen LogP contribution in [0.5, 0.6) is 0 Å². The average Bonchev–Trinajstić information content (AvgIpc) is 3.34. The number of hydrogen-bond acceptors (Lipinski definition) is 5. The maximum absolute atomic E-state index is 12.4. The summed E-state index contributed by atoms with van der Waals surface area (Å²) in [5.74, 6) is 1.31. The van der Waals surface area contributed by atoms with Crippen LogP contribution in [0.2, 0.25) is 5.02 Å². The summed E-state index contributed by atoms with van der Waals surface area (Å²) in [5, 5.41) is 7.76. The zero-order valence-electron chi connectivity index (χ0n) is 15.3. The third-order valence-electron chi connectivity index (χ3n) is 4.89. The van der Waals surface area contributed by atoms with Crippen molar-refractivity contribution in [2.75, 3.05) is 6.54 Å². The van der Waals surface area contributed by atoms with E-state index in [4.69, 9.17) is 16.1 Å². The van der Waals surface area contributed by atoms with Gasteiger partial charge in [0.15, 0.2) is 5.82 Å². The van der Waals surface area contributed by atoms with Crippen molar-refractivity contribution in [3.63, 3.8) is 0 Å². The van der Waals surface area contributed by atoms with Crippen LogP contribution >= 0.6 is 11.6 Å². The number of carbonyl (C=O) groups excluding carboxylic acids is 1. The number of amides is 1. The first-order valence-electron chi connectivity index (χ1n) is 9.31. The Bertz CT molecular complexity index is 729. The average molecular weight is 380 g/mol. The van der Waals surface area contributed by atoms with Gasteiger partial charge in [-0.3, -0.25) is 9.69 Å². The van der Waals surface area contributed by atoms with E-state index in [1.165, 1.54) is 0 Å². The molecule has 0 radical (unpaired) electrons. The van der Waals surface area contributed by atoms with Gasteiger partial charge in [-0.15, -0.1) is 0 Å². The minimum atomic E-state index is -0.122. The van der Waals surface area contributed by atoms with Crippen LogP contribution in [0.1, 0.15) is 61.7 Å². The number of hydrogen-bond donors (Lipinski definition) is 2. The van der Waals surface area contributed by atoms with Gasteiger partial charge in [-0.25, -0.2) is 0 Å². The van der Waals surface area contributed by atoms with Gasteiger partial charge in [0.1, 0.15) is 5.69 Å². The molecular formula is C18H26ClN5O2. The number of nitrogens with zero attached hydrogens (tertiary/aromatic N) is 3. The van der Waals surface area contributed by atoms with Gasteiger partial charge in [-0.1, -0.05) is 37.0 Å². The first-order chi connectivity index (χ1) is 12.6. The summed E-state index contributed by atoms with van der Waals surface area (Å²) in [7, 11) is 0. The summed E-state index contributed by atoms with van der Waals surface area (Å²) in [4.78, 5) is 22.1. The summed E-state index contributed by atoms with van der Waals surface area (Å²) in [5.41, 5.74) is 0.488. The van der Waals surface area contributed by atoms with E-state index in [2.05, 4.69) is 39.2 Å². The van der Waals surface area contributed by atoms with Crippen molar-refractivity contribution in [1.82, 2.24) is 25.3 Å². The Balaban J connectivity index is 1.58. The molecule has 1 fully saturated rings. The molecule has 7 nitrogen and oxygen atoms in total. The molecular weight excluding hydrogens is 354 g/mol. The molecule has 26 heavy (non-hydrogen) atoms. The van der Waals surface area contributed by atoms with Gasteiger partial charge in [0.2, 0.25) is 5.89 Å². The molecule has 1 amide bonds. The van der Waals surface area contributed by atoms with Crippen LogP contribution in [0, 0.1) is 0 Å². The lowest BCUT2D eigenvalue weighted by Gasteiger charge is -2.26. The van der Waals surface area contributed by atoms with Crippen molar-refractivity contribution in [3.8, 4) is 0 Å². The Kier molecular flexibility index (Phi) is 6.32. The largest absolute Gasteiger partial charge is 0.356 e. The van der Waals surface area contributed by atoms with E-state index in [0.717, 1.165) is 44.5 Å². The molecule has 1 saturated heterocycles. The molecule has 2 atom stereocenters. The molecule has 0 spiro atoms. The van der Waals surface area contributed by atoms with Gasteiger partial charge in [0, 0.05) is 31.2 Å². The molecule has 8 heteroatoms. The number of unbranched alkanes of at least 4 members (excludes halogenated alkanes) is 1. The second-order valence-corrected chi connectivity index (χ2v) is 7.19. The normalized spacial score (nSPS) is 20.6. The van der Waals surface area contributed by atoms with Crippen molar-refractivity contribution in [2.24, 2.45) is 0 Å². The van der Waals surface area contributed by atoms with Gasteiger partial charge in [-0.2, -0.15) is 4.98 Å². The fraction of sp³-hybridized carbons (Fsp3) is 0.611. The molecule has 3 rings (SSSR count). The van der Waals surface area contributed by atoms with Crippen molar-refractivity contribution in [1.29, 1.82) is 0 Å². The highest BCUT2D eigenvalue weighted by Crippen LogP contribution is 2.23. The van der Waals surface area contributed by atoms with Crippen LogP contribution in [0.15, 0.2) is 16.8 Å². The summed E-state index contributed by atoms with van der Waals surface area (Å²) in [6, 6.07) is 1.99. The maximum Gasteiger partial charge on any atom is 0.268 e. The van der Waals surface area contributed by atoms with E-state index in [9.17, 15) is 4.79 Å². The molecule has 0 aliphatic carbocycles. The zero-order valence-corrected chi connectivity index (χ0v) is 16.1. The quantitative estimate of drug-likeness (QED) is 0.735. The number of halogens is 1. The number of aryl methyl sites for hydroxylation is 1. The Morgan fingerprint density at radius 3 is 3.04 bits per heavy atom. The lowest BCUT2D eigenvalue weighted by molar-refractivity contribution is 0.0918. The van der Waals surface area contributed by atoms with Gasteiger partial charge in [-0.05, 0) is 25.3 Å². The van der Waals surface area contributed by atoms with Crippen molar-refractivity contribution in [2.45, 2.75) is 64.6 Å². The van der Waals surface area contributed by atoms with Crippen LogP contribution in [-0.4, -0.2) is 44.6 Å². The van der Waals surface area contributed by atoms with E-state index in [0.29, 0.717) is 23.2 Å². The second-order valence-electron chi connectivity index (χ2n) is 6.75. The molecule has 1 aliphatic heterocycles. The molecule has 0 aromatic carbocycles. The predicted molar refractivity (Wildman–Crippen MR) is 99.1 cm³/mol. The number of nitrogens with one attached hydrogen (secondary N) is 2. The van der Waals surface area contributed by atoms with Crippen molar-refractivity contribution >= 4 is 17.5 Å². The topological polar surface area (TPSA) is 87.0 Å². The molecule has 3 heterocycles. The van der Waals surface area contributed by atoms with Crippen molar-refractivity contribution < 1.29 is 9.32 Å². The van der Waals surface area contributed by atoms with Gasteiger partial charge in [0.25, 0.3) is 5.91 Å². The summed E-state index contributed by atoms with van der Waals surface area (Å²) >= 11 is 5.88. The van der Waals surface area contributed by atoms with E-state index in [1.807, 2.05) is 0 Å². The smallest absolute Gasteiger partial charge is 0.268 e. The van der Waals surface area contributed by atoms with Gasteiger partial charge >= 0.3 is 0 Å². The molecule has 2 aromatic rings. The molecule has 142 valence electrons. The predicted octanol–water partition coefficient (Wildman–Crippen LogP) is 3.18. The Labute approximate surface area is 158 Å². The van der Waals surface area contributed by atoms with Crippen LogP contribution in [-0.2, 0) is 13.0 Å². The molecule has 0 bridgehead atoms. The highest BCUT2D eigenvalue weighted by Gasteiger charge is 2.34. The number of aromatic nitrogens is 3. The molecule has 2 N–H and O–H groups in total. The van der Waals surface area contributed by atoms with Crippen LogP contribution < -0.4 is 5.32 Å². The third-order valence-corrected chi connectivity index (χ3v) is 5.11. The lowest BCUT2D eigenvalue weighted by Crippen LogP contribution is -2.44. The Morgan fingerprint density at radius 2 is 2.35 bits per heavy atom. The monoisotopic (exact) mass is 379 g/mol. The number of carbonyl (C=O) groups is 1. The fourth-order valence-electron chi connectivity index (χ4n) is 3.54. The Morgan fingerprint density at radius 1 is 1.50 bits per heavy atom. The minimum absolute atomic E-state index is 0.0982. The van der Waals surface area contributed by atoms with Crippen molar-refractivity contribution in [3.05, 3.63) is 34.7 Å². The maximum atomic E-state index is 12.4. The van der Waals surface area contributed by atoms with Crippen LogP contribution in [0.25, 0.3) is 0 Å².